The number of halogens is 5. The maximum Gasteiger partial charge on any atom is 0.416 e. The second-order valence-corrected chi connectivity index (χ2v) is 4.01. The molecule has 3 nitrogen and oxygen atoms in total. The first-order chi connectivity index (χ1) is 6.62. The standard InChI is InChI=1S/C7H4F4O3S.ClH/c8-5-2-1-4(7(9,10)11)3-6(5)15(12,13)14;/h1-3H,(H,12,13,14);1H. The van der Waals surface area contributed by atoms with E-state index in [1.807, 2.05) is 0 Å². The molecule has 0 unspecified atom stereocenters. The van der Waals surface area contributed by atoms with Crippen LogP contribution in [0, 0.1) is 5.82 Å². The molecule has 0 heterocycles. The van der Waals surface area contributed by atoms with Crippen molar-refractivity contribution in [3.8, 4) is 0 Å². The van der Waals surface area contributed by atoms with E-state index in [0.717, 1.165) is 0 Å². The van der Waals surface area contributed by atoms with E-state index in [1.165, 1.54) is 0 Å². The summed E-state index contributed by atoms with van der Waals surface area (Å²) in [6.45, 7) is 0. The fourth-order valence-corrected chi connectivity index (χ4v) is 1.47. The molecule has 0 saturated carbocycles. The molecule has 1 N–H and O–H groups in total. The smallest absolute Gasteiger partial charge is 0.282 e. The lowest BCUT2D eigenvalue weighted by atomic mass is 10.2. The SMILES string of the molecule is Cl.O=S(=O)(O)c1cc(C(F)(F)F)ccc1F. The van der Waals surface area contributed by atoms with Gasteiger partial charge in [0.2, 0.25) is 0 Å². The third kappa shape index (κ3) is 3.32. The maximum absolute atomic E-state index is 12.7. The van der Waals surface area contributed by atoms with E-state index < -0.39 is 32.6 Å². The monoisotopic (exact) mass is 280 g/mol. The lowest BCUT2D eigenvalue weighted by Crippen LogP contribution is -2.09. The van der Waals surface area contributed by atoms with Gasteiger partial charge in [0.15, 0.2) is 0 Å². The Morgan fingerprint density at radius 1 is 1.19 bits per heavy atom. The fraction of sp³-hybridized carbons (Fsp3) is 0.143. The molecule has 0 radical (unpaired) electrons. The van der Waals surface area contributed by atoms with Gasteiger partial charge >= 0.3 is 6.18 Å². The van der Waals surface area contributed by atoms with Crippen LogP contribution >= 0.6 is 12.4 Å². The van der Waals surface area contributed by atoms with Gasteiger partial charge < -0.3 is 0 Å². The van der Waals surface area contributed by atoms with Gasteiger partial charge in [-0.15, -0.1) is 12.4 Å². The van der Waals surface area contributed by atoms with Crippen molar-refractivity contribution in [1.29, 1.82) is 0 Å². The molecule has 92 valence electrons. The Kier molecular flexibility index (Phi) is 4.31. The molecule has 0 fully saturated rings. The Hall–Kier alpha value is -0.860. The Labute approximate surface area is 94.2 Å². The molecule has 1 aromatic carbocycles. The Bertz CT molecular complexity index is 483. The van der Waals surface area contributed by atoms with Crippen LogP contribution in [0.25, 0.3) is 0 Å². The van der Waals surface area contributed by atoms with E-state index in [2.05, 4.69) is 0 Å². The van der Waals surface area contributed by atoms with Gasteiger partial charge in [0.1, 0.15) is 10.7 Å². The fourth-order valence-electron chi connectivity index (χ4n) is 0.877. The third-order valence-electron chi connectivity index (χ3n) is 1.54. The van der Waals surface area contributed by atoms with Gasteiger partial charge in [0.25, 0.3) is 10.1 Å². The molecule has 0 aliphatic carbocycles. The average Bonchev–Trinajstić information content (AvgIpc) is 2.00. The topological polar surface area (TPSA) is 54.4 Å². The van der Waals surface area contributed by atoms with Gasteiger partial charge in [-0.3, -0.25) is 4.55 Å². The molecule has 1 rings (SSSR count). The third-order valence-corrected chi connectivity index (χ3v) is 2.41. The zero-order valence-electron chi connectivity index (χ0n) is 7.32. The second-order valence-electron chi connectivity index (χ2n) is 2.62. The summed E-state index contributed by atoms with van der Waals surface area (Å²) < 4.78 is 78.4. The van der Waals surface area contributed by atoms with Crippen LogP contribution in [0.15, 0.2) is 23.1 Å². The Morgan fingerprint density at radius 3 is 2.06 bits per heavy atom. The highest BCUT2D eigenvalue weighted by Gasteiger charge is 2.32. The quantitative estimate of drug-likeness (QED) is 0.635. The summed E-state index contributed by atoms with van der Waals surface area (Å²) >= 11 is 0. The van der Waals surface area contributed by atoms with Crippen molar-refractivity contribution < 1.29 is 30.5 Å². The summed E-state index contributed by atoms with van der Waals surface area (Å²) in [6.07, 6.45) is -4.80. The summed E-state index contributed by atoms with van der Waals surface area (Å²) in [5.74, 6) is -1.44. The van der Waals surface area contributed by atoms with Crippen LogP contribution in [-0.2, 0) is 16.3 Å². The van der Waals surface area contributed by atoms with Gasteiger partial charge in [-0.1, -0.05) is 0 Å². The van der Waals surface area contributed by atoms with Crippen molar-refractivity contribution in [3.05, 3.63) is 29.6 Å². The molecule has 0 saturated heterocycles. The Balaban J connectivity index is 0.00000225. The van der Waals surface area contributed by atoms with Gasteiger partial charge in [-0.05, 0) is 18.2 Å². The van der Waals surface area contributed by atoms with Crippen molar-refractivity contribution in [2.24, 2.45) is 0 Å². The predicted octanol–water partition coefficient (Wildman–Crippen LogP) is 2.51. The summed E-state index contributed by atoms with van der Waals surface area (Å²) in [6, 6.07) is 0.737. The molecular weight excluding hydrogens is 276 g/mol. The summed E-state index contributed by atoms with van der Waals surface area (Å²) in [4.78, 5) is -1.39. The summed E-state index contributed by atoms with van der Waals surface area (Å²) in [7, 11) is -4.99. The molecule has 0 bridgehead atoms. The minimum atomic E-state index is -4.99. The number of benzene rings is 1. The van der Waals surface area contributed by atoms with Crippen LogP contribution in [0.4, 0.5) is 17.6 Å². The highest BCUT2D eigenvalue weighted by molar-refractivity contribution is 7.85. The molecule has 0 amide bonds. The first kappa shape index (κ1) is 15.1. The number of hydrogen-bond donors (Lipinski definition) is 1. The van der Waals surface area contributed by atoms with Crippen molar-refractivity contribution in [2.75, 3.05) is 0 Å². The largest absolute Gasteiger partial charge is 0.416 e. The molecule has 1 aromatic rings. The zero-order valence-corrected chi connectivity index (χ0v) is 8.96. The van der Waals surface area contributed by atoms with Gasteiger partial charge in [0.05, 0.1) is 5.56 Å². The second kappa shape index (κ2) is 4.56. The van der Waals surface area contributed by atoms with Gasteiger partial charge in [-0.25, -0.2) is 4.39 Å². The minimum absolute atomic E-state index is 0. The Morgan fingerprint density at radius 2 is 1.69 bits per heavy atom. The molecule has 0 aliphatic heterocycles. The molecule has 0 aromatic heterocycles. The summed E-state index contributed by atoms with van der Waals surface area (Å²) in [5, 5.41) is 0. The van der Waals surface area contributed by atoms with Crippen LogP contribution in [0.2, 0.25) is 0 Å². The van der Waals surface area contributed by atoms with E-state index in [4.69, 9.17) is 4.55 Å². The van der Waals surface area contributed by atoms with Crippen LogP contribution in [0.3, 0.4) is 0 Å². The van der Waals surface area contributed by atoms with Crippen LogP contribution in [-0.4, -0.2) is 13.0 Å². The molecule has 0 atom stereocenters. The summed E-state index contributed by atoms with van der Waals surface area (Å²) in [5.41, 5.74) is -1.35. The molecule has 9 heteroatoms. The van der Waals surface area contributed by atoms with E-state index >= 15 is 0 Å². The lowest BCUT2D eigenvalue weighted by Gasteiger charge is -2.07. The van der Waals surface area contributed by atoms with Crippen LogP contribution < -0.4 is 0 Å². The van der Waals surface area contributed by atoms with Crippen LogP contribution in [0.5, 0.6) is 0 Å². The van der Waals surface area contributed by atoms with Crippen molar-refractivity contribution in [3.63, 3.8) is 0 Å². The highest BCUT2D eigenvalue weighted by atomic mass is 35.5. The van der Waals surface area contributed by atoms with Gasteiger partial charge in [0, 0.05) is 0 Å². The first-order valence-corrected chi connectivity index (χ1v) is 4.90. The van der Waals surface area contributed by atoms with Crippen molar-refractivity contribution in [1.82, 2.24) is 0 Å². The number of rotatable bonds is 1. The first-order valence-electron chi connectivity index (χ1n) is 3.46. The van der Waals surface area contributed by atoms with E-state index in [0.29, 0.717) is 12.1 Å². The van der Waals surface area contributed by atoms with Crippen molar-refractivity contribution in [2.45, 2.75) is 11.1 Å². The molecule has 16 heavy (non-hydrogen) atoms. The zero-order chi connectivity index (χ0) is 11.9. The van der Waals surface area contributed by atoms with E-state index in [1.54, 1.807) is 0 Å². The average molecular weight is 281 g/mol. The maximum atomic E-state index is 12.7. The van der Waals surface area contributed by atoms with Crippen molar-refractivity contribution >= 4 is 22.5 Å². The molecule has 0 spiro atoms. The minimum Gasteiger partial charge on any atom is -0.282 e. The lowest BCUT2D eigenvalue weighted by molar-refractivity contribution is -0.137. The molecule has 0 aliphatic rings. The predicted molar refractivity (Wildman–Crippen MR) is 48.5 cm³/mol. The van der Waals surface area contributed by atoms with E-state index in [9.17, 15) is 26.0 Å². The number of hydrogen-bond acceptors (Lipinski definition) is 2. The normalized spacial score (nSPS) is 12.1. The molecular formula is C7H5ClF4O3S. The number of alkyl halides is 3. The highest BCUT2D eigenvalue weighted by Crippen LogP contribution is 2.31. The van der Waals surface area contributed by atoms with Gasteiger partial charge in [-0.2, -0.15) is 21.6 Å². The van der Waals surface area contributed by atoms with E-state index in [-0.39, 0.29) is 18.5 Å². The van der Waals surface area contributed by atoms with Crippen LogP contribution in [0.1, 0.15) is 5.56 Å².